The first-order chi connectivity index (χ1) is 9.13. The Labute approximate surface area is 119 Å². The monoisotopic (exact) mass is 342 g/mol. The van der Waals surface area contributed by atoms with E-state index in [4.69, 9.17) is 9.81 Å². The predicted molar refractivity (Wildman–Crippen MR) is 69.0 cm³/mol. The molecule has 0 unspecified atom stereocenters. The molecule has 0 aliphatic carbocycles. The molecule has 0 bridgehead atoms. The SMILES string of the molecule is C=CS(=O)(=O)c1cc(C)c(S(=O)(=O)O)cc1SOOO. The minimum Gasteiger partial charge on any atom is -0.282 e. The molecule has 0 aliphatic heterocycles. The molecule has 20 heavy (non-hydrogen) atoms. The highest BCUT2D eigenvalue weighted by molar-refractivity contribution is 7.97. The third-order valence-corrected chi connectivity index (χ3v) is 5.36. The highest BCUT2D eigenvalue weighted by Gasteiger charge is 2.23. The molecule has 1 aromatic rings. The van der Waals surface area contributed by atoms with Crippen molar-refractivity contribution in [3.8, 4) is 0 Å². The summed E-state index contributed by atoms with van der Waals surface area (Å²) in [6, 6.07) is 1.91. The van der Waals surface area contributed by atoms with Gasteiger partial charge in [-0.3, -0.25) is 4.55 Å². The molecule has 1 rings (SSSR count). The third-order valence-electron chi connectivity index (χ3n) is 2.20. The van der Waals surface area contributed by atoms with Gasteiger partial charge in [-0.1, -0.05) is 11.6 Å². The molecule has 8 nitrogen and oxygen atoms in total. The zero-order valence-electron chi connectivity index (χ0n) is 10.0. The Morgan fingerprint density at radius 1 is 1.25 bits per heavy atom. The Kier molecular flexibility index (Phi) is 5.32. The molecule has 0 aromatic heterocycles. The van der Waals surface area contributed by atoms with Gasteiger partial charge in [-0.25, -0.2) is 13.7 Å². The zero-order valence-corrected chi connectivity index (χ0v) is 12.5. The van der Waals surface area contributed by atoms with Crippen molar-refractivity contribution < 1.29 is 36.0 Å². The van der Waals surface area contributed by atoms with Gasteiger partial charge in [0.25, 0.3) is 10.1 Å². The lowest BCUT2D eigenvalue weighted by Crippen LogP contribution is -2.05. The molecular weight excluding hydrogens is 332 g/mol. The number of benzene rings is 1. The van der Waals surface area contributed by atoms with Gasteiger partial charge in [-0.05, 0) is 24.6 Å². The van der Waals surface area contributed by atoms with Crippen LogP contribution in [0.1, 0.15) is 5.56 Å². The van der Waals surface area contributed by atoms with Gasteiger partial charge in [0.1, 0.15) is 0 Å². The number of hydrogen-bond acceptors (Lipinski definition) is 8. The highest BCUT2D eigenvalue weighted by atomic mass is 32.2. The first kappa shape index (κ1) is 17.1. The summed E-state index contributed by atoms with van der Waals surface area (Å²) < 4.78 is 59.1. The molecule has 2 N–H and O–H groups in total. The second-order valence-electron chi connectivity index (χ2n) is 3.48. The van der Waals surface area contributed by atoms with Gasteiger partial charge >= 0.3 is 0 Å². The largest absolute Gasteiger partial charge is 0.294 e. The first-order valence-corrected chi connectivity index (χ1v) is 8.50. The van der Waals surface area contributed by atoms with Gasteiger partial charge in [0.05, 0.1) is 26.7 Å². The molecular formula is C9H10O8S3. The van der Waals surface area contributed by atoms with Gasteiger partial charge in [-0.15, -0.1) is 4.33 Å². The Balaban J connectivity index is 3.61. The van der Waals surface area contributed by atoms with Crippen molar-refractivity contribution in [2.24, 2.45) is 0 Å². The van der Waals surface area contributed by atoms with Crippen LogP contribution in [0.15, 0.2) is 38.8 Å². The molecule has 0 amide bonds. The van der Waals surface area contributed by atoms with Gasteiger partial charge in [-0.2, -0.15) is 8.42 Å². The van der Waals surface area contributed by atoms with E-state index in [1.807, 2.05) is 0 Å². The van der Waals surface area contributed by atoms with Crippen LogP contribution >= 0.6 is 12.0 Å². The van der Waals surface area contributed by atoms with Crippen LogP contribution in [0.3, 0.4) is 0 Å². The van der Waals surface area contributed by atoms with Gasteiger partial charge in [0, 0.05) is 5.41 Å². The standard InChI is InChI=1S/C9H10O8S3/c1-3-19(11,12)9-4-6(2)8(20(13,14)15)5-7(9)18-17-16-10/h3-5,10H,1H2,2H3,(H,13,14,15). The summed E-state index contributed by atoms with van der Waals surface area (Å²) in [5.74, 6) is 0. The van der Waals surface area contributed by atoms with Crippen LogP contribution < -0.4 is 0 Å². The summed E-state index contributed by atoms with van der Waals surface area (Å²) in [4.78, 5) is -1.01. The molecule has 0 fully saturated rings. The van der Waals surface area contributed by atoms with Crippen molar-refractivity contribution >= 4 is 32.0 Å². The number of aryl methyl sites for hydroxylation is 1. The van der Waals surface area contributed by atoms with Crippen LogP contribution in [-0.4, -0.2) is 26.6 Å². The summed E-state index contributed by atoms with van der Waals surface area (Å²) in [6.07, 6.45) is 0. The quantitative estimate of drug-likeness (QED) is 0.343. The first-order valence-electron chi connectivity index (χ1n) is 4.78. The van der Waals surface area contributed by atoms with Crippen LogP contribution in [0.2, 0.25) is 0 Å². The van der Waals surface area contributed by atoms with Crippen LogP contribution in [0, 0.1) is 6.92 Å². The average Bonchev–Trinajstić information content (AvgIpc) is 2.35. The van der Waals surface area contributed by atoms with Crippen molar-refractivity contribution in [1.29, 1.82) is 0 Å². The van der Waals surface area contributed by atoms with E-state index in [-0.39, 0.29) is 27.4 Å². The van der Waals surface area contributed by atoms with E-state index < -0.39 is 24.9 Å². The topological polar surface area (TPSA) is 127 Å². The minimum absolute atomic E-state index is 0.0159. The fourth-order valence-corrected chi connectivity index (χ4v) is 3.88. The molecule has 0 heterocycles. The van der Waals surface area contributed by atoms with E-state index in [0.29, 0.717) is 5.41 Å². The van der Waals surface area contributed by atoms with Crippen molar-refractivity contribution in [3.05, 3.63) is 29.7 Å². The average molecular weight is 342 g/mol. The molecule has 11 heteroatoms. The molecule has 0 radical (unpaired) electrons. The van der Waals surface area contributed by atoms with Crippen molar-refractivity contribution in [2.75, 3.05) is 0 Å². The normalized spacial score (nSPS) is 12.3. The molecule has 0 saturated carbocycles. The summed E-state index contributed by atoms with van der Waals surface area (Å²) in [5, 5.41) is 12.1. The highest BCUT2D eigenvalue weighted by Crippen LogP contribution is 2.33. The minimum atomic E-state index is -4.54. The van der Waals surface area contributed by atoms with E-state index in [1.54, 1.807) is 0 Å². The Morgan fingerprint density at radius 2 is 1.85 bits per heavy atom. The van der Waals surface area contributed by atoms with Crippen molar-refractivity contribution in [1.82, 2.24) is 0 Å². The molecule has 112 valence electrons. The van der Waals surface area contributed by atoms with Gasteiger partial charge in [0.2, 0.25) is 0 Å². The summed E-state index contributed by atoms with van der Waals surface area (Å²) >= 11 is 0.254. The van der Waals surface area contributed by atoms with Crippen molar-refractivity contribution in [2.45, 2.75) is 21.6 Å². The number of sulfone groups is 1. The lowest BCUT2D eigenvalue weighted by molar-refractivity contribution is -0.432. The third kappa shape index (κ3) is 3.79. The maximum atomic E-state index is 11.8. The summed E-state index contributed by atoms with van der Waals surface area (Å²) in [6.45, 7) is 4.45. The van der Waals surface area contributed by atoms with Crippen LogP contribution in [0.25, 0.3) is 0 Å². The maximum absolute atomic E-state index is 11.8. The Bertz CT molecular complexity index is 720. The van der Waals surface area contributed by atoms with E-state index in [0.717, 1.165) is 12.1 Å². The molecule has 1 aromatic carbocycles. The van der Waals surface area contributed by atoms with E-state index in [9.17, 15) is 16.8 Å². The second-order valence-corrected chi connectivity index (χ2v) is 7.47. The summed E-state index contributed by atoms with van der Waals surface area (Å²) in [7, 11) is -8.44. The Hall–Kier alpha value is -0.950. The number of hydrogen-bond donors (Lipinski definition) is 2. The van der Waals surface area contributed by atoms with Crippen molar-refractivity contribution in [3.63, 3.8) is 0 Å². The molecule has 0 saturated heterocycles. The molecule has 0 spiro atoms. The summed E-state index contributed by atoms with van der Waals surface area (Å²) in [5.41, 5.74) is 0.0159. The molecule has 0 atom stereocenters. The van der Waals surface area contributed by atoms with E-state index in [1.165, 1.54) is 6.92 Å². The van der Waals surface area contributed by atoms with Crippen LogP contribution in [0.5, 0.6) is 0 Å². The lowest BCUT2D eigenvalue weighted by atomic mass is 10.2. The van der Waals surface area contributed by atoms with E-state index >= 15 is 0 Å². The lowest BCUT2D eigenvalue weighted by Gasteiger charge is -2.10. The zero-order chi connectivity index (χ0) is 15.6. The number of rotatable bonds is 6. The smallest absolute Gasteiger partial charge is 0.282 e. The Morgan fingerprint density at radius 3 is 2.30 bits per heavy atom. The second kappa shape index (κ2) is 6.22. The fourth-order valence-electron chi connectivity index (χ4n) is 1.35. The fraction of sp³-hybridized carbons (Fsp3) is 0.111. The van der Waals surface area contributed by atoms with Gasteiger partial charge < -0.3 is 0 Å². The van der Waals surface area contributed by atoms with Gasteiger partial charge in [0.15, 0.2) is 9.84 Å². The predicted octanol–water partition coefficient (Wildman–Crippen LogP) is 1.59. The molecule has 0 aliphatic rings. The maximum Gasteiger partial charge on any atom is 0.294 e. The van der Waals surface area contributed by atoms with E-state index in [2.05, 4.69) is 16.0 Å². The van der Waals surface area contributed by atoms with Crippen LogP contribution in [0.4, 0.5) is 0 Å². The van der Waals surface area contributed by atoms with Crippen LogP contribution in [-0.2, 0) is 29.3 Å².